The molecule has 0 aliphatic carbocycles. The molecular formula is C12H23NO2S. The number of carboxylic acid groups (broad SMARTS) is 1. The Morgan fingerprint density at radius 1 is 1.50 bits per heavy atom. The Balaban J connectivity index is 3.73. The van der Waals surface area contributed by atoms with Crippen molar-refractivity contribution < 1.29 is 9.90 Å². The lowest BCUT2D eigenvalue weighted by Gasteiger charge is -2.27. The number of hydrogen-bond acceptors (Lipinski definition) is 3. The summed E-state index contributed by atoms with van der Waals surface area (Å²) in [6.07, 6.45) is 6.42. The van der Waals surface area contributed by atoms with Gasteiger partial charge in [-0.1, -0.05) is 12.5 Å². The van der Waals surface area contributed by atoms with Crippen LogP contribution >= 0.6 is 11.8 Å². The number of carbonyl (C=O) groups is 1. The van der Waals surface area contributed by atoms with Crippen LogP contribution in [0.4, 0.5) is 0 Å². The Labute approximate surface area is 102 Å². The molecule has 0 heterocycles. The number of carboxylic acids is 1. The van der Waals surface area contributed by atoms with Crippen LogP contribution in [0, 0.1) is 0 Å². The SMILES string of the molecule is C=CCCCCCSC(C)(C)[C@H](N)C(=O)O. The van der Waals surface area contributed by atoms with Gasteiger partial charge in [0.25, 0.3) is 0 Å². The van der Waals surface area contributed by atoms with Crippen molar-refractivity contribution in [3.63, 3.8) is 0 Å². The number of aliphatic carboxylic acids is 1. The fourth-order valence-electron chi connectivity index (χ4n) is 1.29. The van der Waals surface area contributed by atoms with Gasteiger partial charge in [0.05, 0.1) is 0 Å². The van der Waals surface area contributed by atoms with E-state index in [9.17, 15) is 4.79 Å². The van der Waals surface area contributed by atoms with Gasteiger partial charge >= 0.3 is 5.97 Å². The maximum atomic E-state index is 10.8. The summed E-state index contributed by atoms with van der Waals surface area (Å²) in [5.41, 5.74) is 5.62. The fourth-order valence-corrected chi connectivity index (χ4v) is 2.44. The molecule has 1 atom stereocenters. The summed E-state index contributed by atoms with van der Waals surface area (Å²) in [4.78, 5) is 10.8. The molecule has 0 spiro atoms. The number of hydrogen-bond donors (Lipinski definition) is 2. The second-order valence-electron chi connectivity index (χ2n) is 4.41. The van der Waals surface area contributed by atoms with E-state index in [0.717, 1.165) is 31.4 Å². The molecule has 4 heteroatoms. The van der Waals surface area contributed by atoms with E-state index in [2.05, 4.69) is 6.58 Å². The maximum absolute atomic E-state index is 10.8. The zero-order valence-electron chi connectivity index (χ0n) is 10.2. The van der Waals surface area contributed by atoms with Gasteiger partial charge in [-0.05, 0) is 38.9 Å². The van der Waals surface area contributed by atoms with Crippen molar-refractivity contribution in [3.8, 4) is 0 Å². The van der Waals surface area contributed by atoms with Crippen molar-refractivity contribution in [1.29, 1.82) is 0 Å². The van der Waals surface area contributed by atoms with Crippen LogP contribution in [0.1, 0.15) is 39.5 Å². The van der Waals surface area contributed by atoms with Crippen LogP contribution in [-0.4, -0.2) is 27.6 Å². The lowest BCUT2D eigenvalue weighted by atomic mass is 10.1. The molecule has 0 aliphatic rings. The van der Waals surface area contributed by atoms with Crippen LogP contribution < -0.4 is 5.73 Å². The highest BCUT2D eigenvalue weighted by Crippen LogP contribution is 2.28. The molecule has 3 N–H and O–H groups in total. The Hall–Kier alpha value is -0.480. The minimum atomic E-state index is -0.927. The van der Waals surface area contributed by atoms with E-state index >= 15 is 0 Å². The van der Waals surface area contributed by atoms with Crippen LogP contribution in [0.3, 0.4) is 0 Å². The summed E-state index contributed by atoms with van der Waals surface area (Å²) in [7, 11) is 0. The number of unbranched alkanes of at least 4 members (excludes halogenated alkanes) is 3. The summed E-state index contributed by atoms with van der Waals surface area (Å²) in [5.74, 6) is 0.0367. The fraction of sp³-hybridized carbons (Fsp3) is 0.750. The third-order valence-electron chi connectivity index (χ3n) is 2.54. The number of nitrogens with two attached hydrogens (primary N) is 1. The summed E-state index contributed by atoms with van der Waals surface area (Å²) < 4.78 is -0.399. The molecule has 0 rings (SSSR count). The molecule has 0 aromatic heterocycles. The van der Waals surface area contributed by atoms with Crippen molar-refractivity contribution >= 4 is 17.7 Å². The van der Waals surface area contributed by atoms with Gasteiger partial charge in [-0.15, -0.1) is 6.58 Å². The molecule has 0 amide bonds. The zero-order valence-corrected chi connectivity index (χ0v) is 11.1. The third-order valence-corrected chi connectivity index (χ3v) is 4.03. The normalized spacial score (nSPS) is 13.4. The predicted molar refractivity (Wildman–Crippen MR) is 70.8 cm³/mol. The molecule has 0 saturated carbocycles. The van der Waals surface area contributed by atoms with E-state index in [1.807, 2.05) is 19.9 Å². The van der Waals surface area contributed by atoms with Gasteiger partial charge in [-0.2, -0.15) is 11.8 Å². The van der Waals surface area contributed by atoms with E-state index in [-0.39, 0.29) is 0 Å². The lowest BCUT2D eigenvalue weighted by molar-refractivity contribution is -0.139. The average Bonchev–Trinajstić information content (AvgIpc) is 2.22. The van der Waals surface area contributed by atoms with Gasteiger partial charge in [-0.3, -0.25) is 4.79 Å². The average molecular weight is 245 g/mol. The van der Waals surface area contributed by atoms with Gasteiger partial charge < -0.3 is 10.8 Å². The van der Waals surface area contributed by atoms with E-state index < -0.39 is 16.8 Å². The highest BCUT2D eigenvalue weighted by molar-refractivity contribution is 8.00. The van der Waals surface area contributed by atoms with E-state index in [0.29, 0.717) is 0 Å². The Morgan fingerprint density at radius 3 is 2.62 bits per heavy atom. The molecule has 0 aromatic carbocycles. The van der Waals surface area contributed by atoms with E-state index in [1.54, 1.807) is 11.8 Å². The molecule has 0 radical (unpaired) electrons. The molecular weight excluding hydrogens is 222 g/mol. The van der Waals surface area contributed by atoms with Gasteiger partial charge in [-0.25, -0.2) is 0 Å². The molecule has 0 aromatic rings. The highest BCUT2D eigenvalue weighted by Gasteiger charge is 2.32. The topological polar surface area (TPSA) is 63.3 Å². The molecule has 0 unspecified atom stereocenters. The number of rotatable bonds is 9. The molecule has 0 saturated heterocycles. The van der Waals surface area contributed by atoms with Crippen LogP contribution in [-0.2, 0) is 4.79 Å². The van der Waals surface area contributed by atoms with Crippen molar-refractivity contribution in [2.24, 2.45) is 5.73 Å². The second-order valence-corrected chi connectivity index (χ2v) is 6.15. The monoisotopic (exact) mass is 245 g/mol. The number of thioether (sulfide) groups is 1. The molecule has 3 nitrogen and oxygen atoms in total. The molecule has 16 heavy (non-hydrogen) atoms. The smallest absolute Gasteiger partial charge is 0.321 e. The van der Waals surface area contributed by atoms with Crippen molar-refractivity contribution in [3.05, 3.63) is 12.7 Å². The molecule has 0 bridgehead atoms. The first-order chi connectivity index (χ1) is 7.41. The first kappa shape index (κ1) is 15.5. The first-order valence-electron chi connectivity index (χ1n) is 5.65. The maximum Gasteiger partial charge on any atom is 0.321 e. The Morgan fingerprint density at radius 2 is 2.12 bits per heavy atom. The largest absolute Gasteiger partial charge is 0.480 e. The highest BCUT2D eigenvalue weighted by atomic mass is 32.2. The molecule has 0 fully saturated rings. The summed E-state index contributed by atoms with van der Waals surface area (Å²) in [6, 6.07) is -0.800. The van der Waals surface area contributed by atoms with Gasteiger partial charge in [0.15, 0.2) is 0 Å². The quantitative estimate of drug-likeness (QED) is 0.484. The summed E-state index contributed by atoms with van der Waals surface area (Å²) in [5, 5.41) is 8.84. The van der Waals surface area contributed by atoms with E-state index in [1.165, 1.54) is 0 Å². The number of allylic oxidation sites excluding steroid dienone is 1. The van der Waals surface area contributed by atoms with Gasteiger partial charge in [0.2, 0.25) is 0 Å². The van der Waals surface area contributed by atoms with Crippen LogP contribution in [0.25, 0.3) is 0 Å². The standard InChI is InChI=1S/C12H23NO2S/c1-4-5-6-7-8-9-16-12(2,3)10(13)11(14)15/h4,10H,1,5-9,13H2,2-3H3,(H,14,15)/t10-/m1/s1. The third kappa shape index (κ3) is 6.18. The van der Waals surface area contributed by atoms with Crippen LogP contribution in [0.2, 0.25) is 0 Å². The lowest BCUT2D eigenvalue weighted by Crippen LogP contribution is -2.46. The van der Waals surface area contributed by atoms with Gasteiger partial charge in [0.1, 0.15) is 6.04 Å². The van der Waals surface area contributed by atoms with Crippen molar-refractivity contribution in [2.45, 2.75) is 50.3 Å². The minimum absolute atomic E-state index is 0.399. The predicted octanol–water partition coefficient (Wildman–Crippen LogP) is 2.66. The Kier molecular flexibility index (Phi) is 7.51. The zero-order chi connectivity index (χ0) is 12.6. The molecule has 94 valence electrons. The second kappa shape index (κ2) is 7.74. The minimum Gasteiger partial charge on any atom is -0.480 e. The van der Waals surface area contributed by atoms with Crippen LogP contribution in [0.15, 0.2) is 12.7 Å². The summed E-state index contributed by atoms with van der Waals surface area (Å²) >= 11 is 1.64. The Bertz CT molecular complexity index is 229. The van der Waals surface area contributed by atoms with Crippen molar-refractivity contribution in [1.82, 2.24) is 0 Å². The molecule has 0 aliphatic heterocycles. The van der Waals surface area contributed by atoms with E-state index in [4.69, 9.17) is 10.8 Å². The first-order valence-corrected chi connectivity index (χ1v) is 6.63. The summed E-state index contributed by atoms with van der Waals surface area (Å²) in [6.45, 7) is 7.45. The van der Waals surface area contributed by atoms with Crippen molar-refractivity contribution in [2.75, 3.05) is 5.75 Å². The van der Waals surface area contributed by atoms with Gasteiger partial charge in [0, 0.05) is 4.75 Å². The van der Waals surface area contributed by atoms with Crippen LogP contribution in [0.5, 0.6) is 0 Å².